The maximum Gasteiger partial charge on any atom is 0.134 e. The van der Waals surface area contributed by atoms with E-state index in [4.69, 9.17) is 0 Å². The van der Waals surface area contributed by atoms with Crippen LogP contribution in [0.5, 0.6) is 0 Å². The average Bonchev–Trinajstić information content (AvgIpc) is 2.93. The highest BCUT2D eigenvalue weighted by atomic mass is 15.3. The molecule has 4 heteroatoms. The molecule has 2 heterocycles. The Balaban J connectivity index is 1.47. The van der Waals surface area contributed by atoms with Crippen LogP contribution in [0.4, 0.5) is 0 Å². The first-order valence-corrected chi connectivity index (χ1v) is 9.66. The Kier molecular flexibility index (Phi) is 5.41. The number of benzene rings is 2. The van der Waals surface area contributed by atoms with Crippen LogP contribution in [-0.4, -0.2) is 21.3 Å². The van der Waals surface area contributed by atoms with E-state index in [0.29, 0.717) is 0 Å². The van der Waals surface area contributed by atoms with Crippen LogP contribution >= 0.6 is 0 Å². The van der Waals surface area contributed by atoms with Crippen molar-refractivity contribution < 1.29 is 0 Å². The molecule has 4 nitrogen and oxygen atoms in total. The molecular weight excluding hydrogens is 320 g/mol. The van der Waals surface area contributed by atoms with Crippen LogP contribution in [-0.2, 0) is 19.4 Å². The maximum absolute atomic E-state index is 4.45. The largest absolute Gasteiger partial charge is 0.315 e. The standard InChI is InChI=1S/C22H26N4/c1-4-10-18(11-5-1)22(19-12-6-2-7-13-19)23-16-15-21-25-24-20-14-8-3-9-17-26(20)21/h1-2,4-7,10-13,22-23H,3,8-9,14-17H2. The number of nitrogens with zero attached hydrogens (tertiary/aromatic N) is 3. The van der Waals surface area contributed by atoms with Crippen molar-refractivity contribution >= 4 is 0 Å². The lowest BCUT2D eigenvalue weighted by molar-refractivity contribution is 0.564. The summed E-state index contributed by atoms with van der Waals surface area (Å²) in [7, 11) is 0. The van der Waals surface area contributed by atoms with Crippen LogP contribution in [0.2, 0.25) is 0 Å². The Labute approximate surface area is 155 Å². The molecule has 0 fully saturated rings. The third-order valence-electron chi connectivity index (χ3n) is 5.15. The maximum atomic E-state index is 4.45. The molecule has 1 aliphatic heterocycles. The van der Waals surface area contributed by atoms with Gasteiger partial charge < -0.3 is 9.88 Å². The zero-order valence-corrected chi connectivity index (χ0v) is 15.1. The smallest absolute Gasteiger partial charge is 0.134 e. The molecule has 0 saturated carbocycles. The number of hydrogen-bond acceptors (Lipinski definition) is 3. The number of hydrogen-bond donors (Lipinski definition) is 1. The van der Waals surface area contributed by atoms with E-state index in [9.17, 15) is 0 Å². The van der Waals surface area contributed by atoms with Crippen LogP contribution in [0, 0.1) is 0 Å². The van der Waals surface area contributed by atoms with Gasteiger partial charge in [0.15, 0.2) is 0 Å². The molecule has 1 aromatic heterocycles. The zero-order chi connectivity index (χ0) is 17.6. The molecule has 0 amide bonds. The van der Waals surface area contributed by atoms with Gasteiger partial charge in [0.25, 0.3) is 0 Å². The second-order valence-electron chi connectivity index (χ2n) is 6.95. The van der Waals surface area contributed by atoms with Gasteiger partial charge in [0.1, 0.15) is 11.6 Å². The molecule has 0 spiro atoms. The van der Waals surface area contributed by atoms with Crippen molar-refractivity contribution in [2.75, 3.05) is 6.54 Å². The summed E-state index contributed by atoms with van der Waals surface area (Å²) in [6, 6.07) is 21.5. The first-order chi connectivity index (χ1) is 12.9. The highest BCUT2D eigenvalue weighted by Gasteiger charge is 2.16. The number of aryl methyl sites for hydroxylation is 1. The van der Waals surface area contributed by atoms with E-state index >= 15 is 0 Å². The number of aromatic nitrogens is 3. The van der Waals surface area contributed by atoms with Crippen molar-refractivity contribution in [2.45, 2.75) is 44.7 Å². The van der Waals surface area contributed by atoms with E-state index in [-0.39, 0.29) is 6.04 Å². The third kappa shape index (κ3) is 3.86. The molecule has 4 rings (SSSR count). The summed E-state index contributed by atoms with van der Waals surface area (Å²) in [5.41, 5.74) is 2.58. The van der Waals surface area contributed by atoms with Gasteiger partial charge in [0.05, 0.1) is 6.04 Å². The molecule has 1 N–H and O–H groups in total. The Morgan fingerprint density at radius 1 is 0.846 bits per heavy atom. The molecular formula is C22H26N4. The van der Waals surface area contributed by atoms with Crippen molar-refractivity contribution in [1.82, 2.24) is 20.1 Å². The van der Waals surface area contributed by atoms with Gasteiger partial charge in [-0.25, -0.2) is 0 Å². The second-order valence-corrected chi connectivity index (χ2v) is 6.95. The van der Waals surface area contributed by atoms with Gasteiger partial charge in [0.2, 0.25) is 0 Å². The van der Waals surface area contributed by atoms with E-state index in [1.165, 1.54) is 36.2 Å². The summed E-state index contributed by atoms with van der Waals surface area (Å²) < 4.78 is 2.34. The van der Waals surface area contributed by atoms with E-state index in [1.54, 1.807) is 0 Å². The molecule has 26 heavy (non-hydrogen) atoms. The summed E-state index contributed by atoms with van der Waals surface area (Å²) in [4.78, 5) is 0. The van der Waals surface area contributed by atoms with Crippen molar-refractivity contribution in [2.24, 2.45) is 0 Å². The molecule has 0 atom stereocenters. The SMILES string of the molecule is c1ccc(C(NCCc2nnc3n2CCCCC3)c2ccccc2)cc1. The predicted molar refractivity (Wildman–Crippen MR) is 104 cm³/mol. The van der Waals surface area contributed by atoms with E-state index in [0.717, 1.165) is 31.8 Å². The van der Waals surface area contributed by atoms with Gasteiger partial charge >= 0.3 is 0 Å². The van der Waals surface area contributed by atoms with Crippen LogP contribution in [0.25, 0.3) is 0 Å². The second kappa shape index (κ2) is 8.28. The Morgan fingerprint density at radius 2 is 1.54 bits per heavy atom. The summed E-state index contributed by atoms with van der Waals surface area (Å²) in [5.74, 6) is 2.29. The van der Waals surface area contributed by atoms with E-state index < -0.39 is 0 Å². The number of rotatable bonds is 6. The van der Waals surface area contributed by atoms with Crippen molar-refractivity contribution in [3.8, 4) is 0 Å². The topological polar surface area (TPSA) is 42.7 Å². The van der Waals surface area contributed by atoms with Crippen molar-refractivity contribution in [3.63, 3.8) is 0 Å². The van der Waals surface area contributed by atoms with Crippen LogP contribution in [0.1, 0.15) is 48.1 Å². The van der Waals surface area contributed by atoms with Crippen LogP contribution in [0.15, 0.2) is 60.7 Å². The molecule has 0 aliphatic carbocycles. The van der Waals surface area contributed by atoms with Crippen LogP contribution in [0.3, 0.4) is 0 Å². The van der Waals surface area contributed by atoms with Crippen LogP contribution < -0.4 is 5.32 Å². The third-order valence-corrected chi connectivity index (χ3v) is 5.15. The summed E-state index contributed by atoms with van der Waals surface area (Å²) in [5, 5.41) is 12.6. The zero-order valence-electron chi connectivity index (χ0n) is 15.1. The van der Waals surface area contributed by atoms with Gasteiger partial charge in [-0.3, -0.25) is 0 Å². The first-order valence-electron chi connectivity index (χ1n) is 9.66. The quantitative estimate of drug-likeness (QED) is 0.735. The van der Waals surface area contributed by atoms with Crippen molar-refractivity contribution in [1.29, 1.82) is 0 Å². The Bertz CT molecular complexity index is 771. The van der Waals surface area contributed by atoms with E-state index in [2.05, 4.69) is 80.7 Å². The van der Waals surface area contributed by atoms with Gasteiger partial charge in [-0.15, -0.1) is 10.2 Å². The number of nitrogens with one attached hydrogen (secondary N) is 1. The Morgan fingerprint density at radius 3 is 2.23 bits per heavy atom. The minimum absolute atomic E-state index is 0.198. The summed E-state index contributed by atoms with van der Waals surface area (Å²) in [6.07, 6.45) is 5.74. The van der Waals surface area contributed by atoms with Gasteiger partial charge in [-0.1, -0.05) is 67.1 Å². The fourth-order valence-corrected chi connectivity index (χ4v) is 3.78. The first kappa shape index (κ1) is 17.0. The minimum Gasteiger partial charge on any atom is -0.315 e. The molecule has 0 radical (unpaired) electrons. The minimum atomic E-state index is 0.198. The monoisotopic (exact) mass is 346 g/mol. The molecule has 0 saturated heterocycles. The normalized spacial score (nSPS) is 14.2. The average molecular weight is 346 g/mol. The van der Waals surface area contributed by atoms with Gasteiger partial charge in [-0.05, 0) is 24.0 Å². The molecule has 2 aromatic carbocycles. The fraction of sp³-hybridized carbons (Fsp3) is 0.364. The van der Waals surface area contributed by atoms with Gasteiger partial charge in [0, 0.05) is 25.9 Å². The molecule has 134 valence electrons. The summed E-state index contributed by atoms with van der Waals surface area (Å²) >= 11 is 0. The molecule has 1 aliphatic rings. The van der Waals surface area contributed by atoms with Gasteiger partial charge in [-0.2, -0.15) is 0 Å². The predicted octanol–water partition coefficient (Wildman–Crippen LogP) is 3.93. The highest BCUT2D eigenvalue weighted by Crippen LogP contribution is 2.22. The molecule has 0 unspecified atom stereocenters. The van der Waals surface area contributed by atoms with E-state index in [1.807, 2.05) is 0 Å². The highest BCUT2D eigenvalue weighted by molar-refractivity contribution is 5.31. The lowest BCUT2D eigenvalue weighted by Gasteiger charge is -2.20. The fourth-order valence-electron chi connectivity index (χ4n) is 3.78. The molecule has 3 aromatic rings. The Hall–Kier alpha value is -2.46. The number of fused-ring (bicyclic) bond motifs is 1. The summed E-state index contributed by atoms with van der Waals surface area (Å²) in [6.45, 7) is 1.95. The lowest BCUT2D eigenvalue weighted by atomic mass is 9.98. The lowest BCUT2D eigenvalue weighted by Crippen LogP contribution is -2.25. The molecule has 0 bridgehead atoms. The van der Waals surface area contributed by atoms with Crippen molar-refractivity contribution in [3.05, 3.63) is 83.4 Å².